The van der Waals surface area contributed by atoms with Crippen molar-refractivity contribution in [2.75, 3.05) is 32.5 Å². The first-order valence-electron chi connectivity index (χ1n) is 9.29. The average molecular weight is 347 g/mol. The summed E-state index contributed by atoms with van der Waals surface area (Å²) in [5.41, 5.74) is 5.71. The van der Waals surface area contributed by atoms with Crippen molar-refractivity contribution in [3.63, 3.8) is 0 Å². The van der Waals surface area contributed by atoms with Gasteiger partial charge in [-0.1, -0.05) is 19.3 Å². The summed E-state index contributed by atoms with van der Waals surface area (Å²) in [6, 6.07) is 2.01. The number of ether oxygens (including phenoxy) is 1. The van der Waals surface area contributed by atoms with Gasteiger partial charge in [0.2, 0.25) is 5.91 Å². The lowest BCUT2D eigenvalue weighted by Gasteiger charge is -2.25. The quantitative estimate of drug-likeness (QED) is 0.838. The van der Waals surface area contributed by atoms with Crippen molar-refractivity contribution < 1.29 is 9.53 Å². The zero-order valence-electron chi connectivity index (χ0n) is 15.1. The van der Waals surface area contributed by atoms with Gasteiger partial charge < -0.3 is 15.4 Å². The number of rotatable bonds is 6. The summed E-state index contributed by atoms with van der Waals surface area (Å²) in [5, 5.41) is 0. The number of nitrogens with zero attached hydrogens (tertiary/aromatic N) is 4. The number of hydrogen-bond donors (Lipinski definition) is 1. The summed E-state index contributed by atoms with van der Waals surface area (Å²) in [4.78, 5) is 25.0. The number of aromatic nitrogens is 2. The normalized spacial score (nSPS) is 21.8. The Morgan fingerprint density at radius 2 is 2.16 bits per heavy atom. The van der Waals surface area contributed by atoms with Gasteiger partial charge in [-0.15, -0.1) is 0 Å². The molecule has 2 aliphatic rings. The van der Waals surface area contributed by atoms with Crippen LogP contribution in [0.1, 0.15) is 44.3 Å². The van der Waals surface area contributed by atoms with E-state index in [0.29, 0.717) is 24.2 Å². The number of carbonyl (C=O) groups is 1. The Morgan fingerprint density at radius 3 is 2.92 bits per heavy atom. The van der Waals surface area contributed by atoms with E-state index in [1.807, 2.05) is 11.9 Å². The van der Waals surface area contributed by atoms with E-state index < -0.39 is 0 Å². The number of nitrogens with two attached hydrogens (primary N) is 1. The molecule has 1 saturated heterocycles. The van der Waals surface area contributed by atoms with Gasteiger partial charge in [-0.3, -0.25) is 9.69 Å². The van der Waals surface area contributed by atoms with Gasteiger partial charge in [0, 0.05) is 25.3 Å². The van der Waals surface area contributed by atoms with Crippen molar-refractivity contribution in [1.82, 2.24) is 19.8 Å². The monoisotopic (exact) mass is 347 g/mol. The molecule has 3 rings (SSSR count). The molecule has 1 aromatic rings. The second kappa shape index (κ2) is 8.58. The molecule has 2 N–H and O–H groups in total. The van der Waals surface area contributed by atoms with Crippen LogP contribution < -0.4 is 5.73 Å². The minimum atomic E-state index is 0.113. The standard InChI is InChI=1S/C18H29N5O2/c1-22(12-17-20-9-7-16(19)21-17)14-8-10-23(11-14)18(24)13-25-15-5-3-2-4-6-15/h7,9,14-15H,2-6,8,10-13H2,1H3,(H2,19,20,21). The van der Waals surface area contributed by atoms with Crippen LogP contribution in [-0.4, -0.2) is 64.6 Å². The third kappa shape index (κ3) is 5.12. The second-order valence-corrected chi connectivity index (χ2v) is 7.17. The molecule has 1 saturated carbocycles. The minimum Gasteiger partial charge on any atom is -0.384 e. The highest BCUT2D eigenvalue weighted by molar-refractivity contribution is 5.77. The van der Waals surface area contributed by atoms with Crippen LogP contribution in [0, 0.1) is 0 Å². The molecular weight excluding hydrogens is 318 g/mol. The van der Waals surface area contributed by atoms with E-state index >= 15 is 0 Å². The van der Waals surface area contributed by atoms with E-state index in [9.17, 15) is 4.79 Å². The maximum absolute atomic E-state index is 12.4. The predicted octanol–water partition coefficient (Wildman–Crippen LogP) is 1.44. The Balaban J connectivity index is 1.43. The zero-order chi connectivity index (χ0) is 17.6. The van der Waals surface area contributed by atoms with Gasteiger partial charge in [0.05, 0.1) is 12.6 Å². The topological polar surface area (TPSA) is 84.6 Å². The molecular formula is C18H29N5O2. The van der Waals surface area contributed by atoms with E-state index in [2.05, 4.69) is 14.9 Å². The first-order chi connectivity index (χ1) is 12.1. The van der Waals surface area contributed by atoms with E-state index in [0.717, 1.165) is 32.4 Å². The summed E-state index contributed by atoms with van der Waals surface area (Å²) < 4.78 is 5.82. The Morgan fingerprint density at radius 1 is 1.36 bits per heavy atom. The fourth-order valence-electron chi connectivity index (χ4n) is 3.68. The smallest absolute Gasteiger partial charge is 0.248 e. The summed E-state index contributed by atoms with van der Waals surface area (Å²) in [6.45, 7) is 2.39. The van der Waals surface area contributed by atoms with Gasteiger partial charge in [0.25, 0.3) is 0 Å². The molecule has 0 aromatic carbocycles. The summed E-state index contributed by atoms with van der Waals surface area (Å²) in [7, 11) is 2.05. The van der Waals surface area contributed by atoms with E-state index in [1.54, 1.807) is 12.3 Å². The molecule has 1 atom stereocenters. The SMILES string of the molecule is CN(Cc1nccc(N)n1)C1CCN(C(=O)COC2CCCCC2)C1. The largest absolute Gasteiger partial charge is 0.384 e. The summed E-state index contributed by atoms with van der Waals surface area (Å²) in [6.07, 6.45) is 8.86. The predicted molar refractivity (Wildman–Crippen MR) is 95.7 cm³/mol. The molecule has 1 aliphatic carbocycles. The lowest BCUT2D eigenvalue weighted by molar-refractivity contribution is -0.137. The van der Waals surface area contributed by atoms with E-state index in [-0.39, 0.29) is 18.6 Å². The van der Waals surface area contributed by atoms with Crippen molar-refractivity contribution >= 4 is 11.7 Å². The fraction of sp³-hybridized carbons (Fsp3) is 0.722. The fourth-order valence-corrected chi connectivity index (χ4v) is 3.68. The van der Waals surface area contributed by atoms with E-state index in [4.69, 9.17) is 10.5 Å². The van der Waals surface area contributed by atoms with Gasteiger partial charge in [-0.2, -0.15) is 0 Å². The molecule has 138 valence electrons. The third-order valence-corrected chi connectivity index (χ3v) is 5.25. The number of nitrogen functional groups attached to an aromatic ring is 1. The van der Waals surface area contributed by atoms with Crippen LogP contribution in [0.4, 0.5) is 5.82 Å². The number of likely N-dealkylation sites (N-methyl/N-ethyl adjacent to an activating group) is 1. The summed E-state index contributed by atoms with van der Waals surface area (Å²) >= 11 is 0. The van der Waals surface area contributed by atoms with Crippen LogP contribution in [0.5, 0.6) is 0 Å². The summed E-state index contributed by atoms with van der Waals surface area (Å²) in [5.74, 6) is 1.32. The minimum absolute atomic E-state index is 0.113. The molecule has 0 bridgehead atoms. The van der Waals surface area contributed by atoms with Crippen LogP contribution >= 0.6 is 0 Å². The van der Waals surface area contributed by atoms with Gasteiger partial charge in [-0.05, 0) is 32.4 Å². The molecule has 7 nitrogen and oxygen atoms in total. The highest BCUT2D eigenvalue weighted by Gasteiger charge is 2.29. The van der Waals surface area contributed by atoms with Crippen LogP contribution in [-0.2, 0) is 16.1 Å². The van der Waals surface area contributed by atoms with E-state index in [1.165, 1.54) is 19.3 Å². The first kappa shape index (κ1) is 18.1. The highest BCUT2D eigenvalue weighted by atomic mass is 16.5. The second-order valence-electron chi connectivity index (χ2n) is 7.17. The molecule has 1 amide bonds. The van der Waals surface area contributed by atoms with Crippen molar-refractivity contribution in [3.8, 4) is 0 Å². The number of likely N-dealkylation sites (tertiary alicyclic amines) is 1. The van der Waals surface area contributed by atoms with Crippen molar-refractivity contribution in [1.29, 1.82) is 0 Å². The van der Waals surface area contributed by atoms with Gasteiger partial charge in [0.1, 0.15) is 18.2 Å². The molecule has 0 radical (unpaired) electrons. The lowest BCUT2D eigenvalue weighted by Crippen LogP contribution is -2.38. The van der Waals surface area contributed by atoms with Crippen molar-refractivity contribution in [2.45, 2.75) is 57.2 Å². The maximum Gasteiger partial charge on any atom is 0.248 e. The van der Waals surface area contributed by atoms with Gasteiger partial charge in [-0.25, -0.2) is 9.97 Å². The van der Waals surface area contributed by atoms with Crippen LogP contribution in [0.15, 0.2) is 12.3 Å². The molecule has 7 heteroatoms. The van der Waals surface area contributed by atoms with Crippen LogP contribution in [0.2, 0.25) is 0 Å². The first-order valence-corrected chi connectivity index (χ1v) is 9.29. The number of anilines is 1. The number of hydrogen-bond acceptors (Lipinski definition) is 6. The average Bonchev–Trinajstić information content (AvgIpc) is 3.11. The molecule has 2 heterocycles. The lowest BCUT2D eigenvalue weighted by atomic mass is 9.98. The molecule has 0 spiro atoms. The van der Waals surface area contributed by atoms with Gasteiger partial charge in [0.15, 0.2) is 0 Å². The third-order valence-electron chi connectivity index (χ3n) is 5.25. The molecule has 1 aliphatic heterocycles. The number of carbonyl (C=O) groups excluding carboxylic acids is 1. The van der Waals surface area contributed by atoms with Crippen molar-refractivity contribution in [2.24, 2.45) is 0 Å². The zero-order valence-corrected chi connectivity index (χ0v) is 15.1. The van der Waals surface area contributed by atoms with Crippen molar-refractivity contribution in [3.05, 3.63) is 18.1 Å². The Labute approximate surface area is 149 Å². The Hall–Kier alpha value is -1.73. The Bertz CT molecular complexity index is 576. The molecule has 2 fully saturated rings. The number of amides is 1. The van der Waals surface area contributed by atoms with Gasteiger partial charge >= 0.3 is 0 Å². The molecule has 25 heavy (non-hydrogen) atoms. The molecule has 1 aromatic heterocycles. The Kier molecular flexibility index (Phi) is 6.20. The molecule has 1 unspecified atom stereocenters. The van der Waals surface area contributed by atoms with Crippen LogP contribution in [0.25, 0.3) is 0 Å². The van der Waals surface area contributed by atoms with Crippen LogP contribution in [0.3, 0.4) is 0 Å². The highest BCUT2D eigenvalue weighted by Crippen LogP contribution is 2.21. The maximum atomic E-state index is 12.4.